The van der Waals surface area contributed by atoms with E-state index in [4.69, 9.17) is 40.5 Å². The molecule has 0 unspecified atom stereocenters. The first-order chi connectivity index (χ1) is 19.1. The monoisotopic (exact) mass is 664 g/mol. The van der Waals surface area contributed by atoms with Crippen LogP contribution in [0.5, 0.6) is 11.5 Å². The van der Waals surface area contributed by atoms with Crippen LogP contribution in [-0.4, -0.2) is 75.9 Å². The van der Waals surface area contributed by atoms with Crippen molar-refractivity contribution >= 4 is 58.0 Å². The van der Waals surface area contributed by atoms with Gasteiger partial charge in [-0.3, -0.25) is 5.43 Å². The molecule has 10 nitrogen and oxygen atoms in total. The van der Waals surface area contributed by atoms with Gasteiger partial charge in [0.2, 0.25) is 5.95 Å². The number of nitrogens with zero attached hydrogens (tertiary/aromatic N) is 5. The van der Waals surface area contributed by atoms with Crippen molar-refractivity contribution in [3.63, 3.8) is 0 Å². The van der Waals surface area contributed by atoms with Gasteiger partial charge in [-0.25, -0.2) is 0 Å². The molecule has 1 aromatic heterocycles. The normalized spacial score (nSPS) is 16.0. The molecule has 39 heavy (non-hydrogen) atoms. The van der Waals surface area contributed by atoms with Gasteiger partial charge >= 0.3 is 0 Å². The second kappa shape index (κ2) is 13.5. The van der Waals surface area contributed by atoms with Gasteiger partial charge in [0, 0.05) is 42.8 Å². The zero-order valence-electron chi connectivity index (χ0n) is 21.6. The van der Waals surface area contributed by atoms with Crippen LogP contribution in [0, 0.1) is 3.57 Å². The van der Waals surface area contributed by atoms with E-state index in [0.29, 0.717) is 61.3 Å². The summed E-state index contributed by atoms with van der Waals surface area (Å²) in [6.07, 6.45) is 1.73. The summed E-state index contributed by atoms with van der Waals surface area (Å²) in [4.78, 5) is 13.9. The molecule has 0 atom stereocenters. The first-order valence-electron chi connectivity index (χ1n) is 12.7. The molecule has 0 bridgehead atoms. The first kappa shape index (κ1) is 27.7. The molecule has 3 heterocycles. The molecule has 2 fully saturated rings. The number of ether oxygens (including phenoxy) is 4. The Morgan fingerprint density at radius 2 is 1.74 bits per heavy atom. The quantitative estimate of drug-likeness (QED) is 0.203. The molecule has 12 heteroatoms. The summed E-state index contributed by atoms with van der Waals surface area (Å²) in [6.45, 7) is 6.07. The maximum atomic E-state index is 6.28. The summed E-state index contributed by atoms with van der Waals surface area (Å²) >= 11 is 8.52. The number of anilines is 3. The minimum atomic E-state index is 0.339. The van der Waals surface area contributed by atoms with E-state index in [1.165, 1.54) is 0 Å². The van der Waals surface area contributed by atoms with Crippen molar-refractivity contribution in [1.82, 2.24) is 9.97 Å². The van der Waals surface area contributed by atoms with E-state index >= 15 is 0 Å². The van der Waals surface area contributed by atoms with Gasteiger partial charge in [-0.05, 0) is 46.4 Å². The van der Waals surface area contributed by atoms with E-state index in [2.05, 4.69) is 42.9 Å². The Labute approximate surface area is 246 Å². The summed E-state index contributed by atoms with van der Waals surface area (Å²) in [6, 6.07) is 13.4. The Bertz CT molecular complexity index is 1270. The van der Waals surface area contributed by atoms with E-state index < -0.39 is 0 Å². The van der Waals surface area contributed by atoms with Gasteiger partial charge in [-0.2, -0.15) is 15.1 Å². The van der Waals surface area contributed by atoms with Crippen molar-refractivity contribution in [3.05, 3.63) is 62.2 Å². The summed E-state index contributed by atoms with van der Waals surface area (Å²) < 4.78 is 23.6. The van der Waals surface area contributed by atoms with Crippen LogP contribution in [0.4, 0.5) is 17.6 Å². The molecule has 206 valence electrons. The molecule has 2 aliphatic heterocycles. The van der Waals surface area contributed by atoms with Gasteiger partial charge in [-0.15, -0.1) is 0 Å². The highest BCUT2D eigenvalue weighted by molar-refractivity contribution is 14.1. The Morgan fingerprint density at radius 3 is 2.46 bits per heavy atom. The fourth-order valence-corrected chi connectivity index (χ4v) is 5.20. The van der Waals surface area contributed by atoms with Gasteiger partial charge in [0.25, 0.3) is 0 Å². The highest BCUT2D eigenvalue weighted by Crippen LogP contribution is 2.34. The van der Waals surface area contributed by atoms with Crippen LogP contribution < -0.4 is 24.7 Å². The molecule has 2 saturated heterocycles. The first-order valence-corrected chi connectivity index (χ1v) is 14.1. The average molecular weight is 665 g/mol. The summed E-state index contributed by atoms with van der Waals surface area (Å²) in [7, 11) is 1.62. The second-order valence-corrected chi connectivity index (χ2v) is 10.5. The van der Waals surface area contributed by atoms with Crippen LogP contribution in [-0.2, 0) is 16.1 Å². The van der Waals surface area contributed by atoms with Gasteiger partial charge in [-0.1, -0.05) is 29.8 Å². The van der Waals surface area contributed by atoms with Crippen molar-refractivity contribution in [2.45, 2.75) is 6.61 Å². The highest BCUT2D eigenvalue weighted by atomic mass is 127. The van der Waals surface area contributed by atoms with E-state index in [9.17, 15) is 0 Å². The molecular weight excluding hydrogens is 635 g/mol. The maximum Gasteiger partial charge on any atom is 0.229 e. The van der Waals surface area contributed by atoms with Crippen LogP contribution >= 0.6 is 34.2 Å². The van der Waals surface area contributed by atoms with Crippen molar-refractivity contribution < 1.29 is 18.9 Å². The molecule has 2 aromatic carbocycles. The molecule has 5 rings (SSSR count). The zero-order chi connectivity index (χ0) is 27.0. The lowest BCUT2D eigenvalue weighted by Crippen LogP contribution is -2.39. The van der Waals surface area contributed by atoms with E-state index in [0.717, 1.165) is 46.7 Å². The number of aromatic nitrogens is 2. The van der Waals surface area contributed by atoms with Gasteiger partial charge < -0.3 is 28.7 Å². The molecule has 3 aromatic rings. The minimum Gasteiger partial charge on any atom is -0.493 e. The Kier molecular flexibility index (Phi) is 9.56. The molecule has 0 aliphatic carbocycles. The number of rotatable bonds is 9. The van der Waals surface area contributed by atoms with Gasteiger partial charge in [0.1, 0.15) is 12.4 Å². The second-order valence-electron chi connectivity index (χ2n) is 8.89. The number of morpholine rings is 2. The largest absolute Gasteiger partial charge is 0.493 e. The number of hydrazone groups is 1. The number of benzene rings is 2. The van der Waals surface area contributed by atoms with Crippen LogP contribution in [0.3, 0.4) is 0 Å². The minimum absolute atomic E-state index is 0.339. The smallest absolute Gasteiger partial charge is 0.229 e. The third-order valence-electron chi connectivity index (χ3n) is 6.30. The standard InChI is InChI=1S/C27H30ClIN6O4/c1-36-23-15-19(14-22(29)26(23)39-18-20-4-2-3-5-21(20)28)17-30-33-24-16-25(34-6-10-37-11-7-34)32-27(31-24)35-8-12-38-13-9-35/h2-5,14-17H,6-13,18H2,1H3,(H,31,32,33)/b30-17-. The highest BCUT2D eigenvalue weighted by Gasteiger charge is 2.19. The lowest BCUT2D eigenvalue weighted by molar-refractivity contribution is 0.121. The van der Waals surface area contributed by atoms with Crippen LogP contribution in [0.1, 0.15) is 11.1 Å². The van der Waals surface area contributed by atoms with E-state index in [1.807, 2.05) is 42.5 Å². The van der Waals surface area contributed by atoms with E-state index in [1.54, 1.807) is 13.3 Å². The molecular formula is C27H30ClIN6O4. The fourth-order valence-electron chi connectivity index (χ4n) is 4.23. The van der Waals surface area contributed by atoms with Gasteiger partial charge in [0.15, 0.2) is 17.3 Å². The van der Waals surface area contributed by atoms with Crippen LogP contribution in [0.2, 0.25) is 5.02 Å². The summed E-state index contributed by atoms with van der Waals surface area (Å²) in [5.41, 5.74) is 4.85. The molecule has 0 spiro atoms. The molecule has 0 radical (unpaired) electrons. The topological polar surface area (TPSA) is 93.6 Å². The lowest BCUT2D eigenvalue weighted by atomic mass is 10.2. The predicted molar refractivity (Wildman–Crippen MR) is 161 cm³/mol. The van der Waals surface area contributed by atoms with Gasteiger partial charge in [0.05, 0.1) is 43.3 Å². The third kappa shape index (κ3) is 7.21. The Morgan fingerprint density at radius 1 is 1.03 bits per heavy atom. The molecule has 2 aliphatic rings. The lowest BCUT2D eigenvalue weighted by Gasteiger charge is -2.31. The number of nitrogens with one attached hydrogen (secondary N) is 1. The van der Waals surface area contributed by atoms with Crippen molar-refractivity contribution in [1.29, 1.82) is 0 Å². The van der Waals surface area contributed by atoms with Crippen LogP contribution in [0.15, 0.2) is 47.6 Å². The fraction of sp³-hybridized carbons (Fsp3) is 0.370. The van der Waals surface area contributed by atoms with Crippen LogP contribution in [0.25, 0.3) is 0 Å². The molecule has 1 N–H and O–H groups in total. The van der Waals surface area contributed by atoms with Crippen molar-refractivity contribution in [2.75, 3.05) is 74.9 Å². The zero-order valence-corrected chi connectivity index (χ0v) is 24.5. The van der Waals surface area contributed by atoms with Crippen molar-refractivity contribution in [2.24, 2.45) is 5.10 Å². The van der Waals surface area contributed by atoms with Crippen molar-refractivity contribution in [3.8, 4) is 11.5 Å². The van der Waals surface area contributed by atoms with E-state index in [-0.39, 0.29) is 0 Å². The Balaban J connectivity index is 1.32. The SMILES string of the molecule is COc1cc(/C=N\Nc2cc(N3CCOCC3)nc(N3CCOCC3)n2)cc(I)c1OCc1ccccc1Cl. The summed E-state index contributed by atoms with van der Waals surface area (Å²) in [5.74, 6) is 3.40. The molecule has 0 amide bonds. The molecule has 0 saturated carbocycles. The number of halogens is 2. The number of hydrogen-bond donors (Lipinski definition) is 1. The number of hydrogen-bond acceptors (Lipinski definition) is 10. The maximum absolute atomic E-state index is 6.28. The predicted octanol–water partition coefficient (Wildman–Crippen LogP) is 4.44. The number of methoxy groups -OCH3 is 1. The third-order valence-corrected chi connectivity index (χ3v) is 7.47. The Hall–Kier alpha value is -2.87. The summed E-state index contributed by atoms with van der Waals surface area (Å²) in [5, 5.41) is 5.13. The average Bonchev–Trinajstić information content (AvgIpc) is 2.98.